The first kappa shape index (κ1) is 12.4. The Labute approximate surface area is 73.5 Å². The molecule has 0 aromatic rings. The maximum Gasteiger partial charge on any atom is 0.0782 e. The number of nitrogens with two attached hydrogens (primary N) is 1. The van der Waals surface area contributed by atoms with Crippen molar-refractivity contribution in [2.24, 2.45) is 5.73 Å². The molecule has 0 spiro atoms. The van der Waals surface area contributed by atoms with Gasteiger partial charge in [0, 0.05) is 0 Å². The van der Waals surface area contributed by atoms with Crippen LogP contribution in [0.5, 0.6) is 0 Å². The molecule has 0 aliphatic heterocycles. The third-order valence-electron chi connectivity index (χ3n) is 0.979. The van der Waals surface area contributed by atoms with Crippen LogP contribution in [-0.2, 0) is 0 Å². The maximum absolute atomic E-state index is 5.69. The molecule has 0 heterocycles. The van der Waals surface area contributed by atoms with Gasteiger partial charge in [-0.1, -0.05) is 12.0 Å². The van der Waals surface area contributed by atoms with E-state index in [2.05, 4.69) is 18.4 Å². The molecular formula is C8H14BrN. The van der Waals surface area contributed by atoms with Gasteiger partial charge < -0.3 is 5.73 Å². The molecule has 1 unspecified atom stereocenters. The van der Waals surface area contributed by atoms with Crippen LogP contribution in [0.4, 0.5) is 0 Å². The summed E-state index contributed by atoms with van der Waals surface area (Å²) in [4.78, 5) is 0. The molecule has 0 aromatic heterocycles. The molecule has 2 heteroatoms. The van der Waals surface area contributed by atoms with Crippen LogP contribution in [0, 0.1) is 11.8 Å². The molecule has 0 bridgehead atoms. The fourth-order valence-corrected chi connectivity index (χ4v) is 0.636. The Morgan fingerprint density at radius 1 is 1.70 bits per heavy atom. The van der Waals surface area contributed by atoms with E-state index in [-0.39, 0.29) is 22.5 Å². The van der Waals surface area contributed by atoms with Gasteiger partial charge in [-0.2, -0.15) is 0 Å². The number of hydrogen-bond acceptors (Lipinski definition) is 1. The van der Waals surface area contributed by atoms with Crippen molar-refractivity contribution < 1.29 is 0 Å². The van der Waals surface area contributed by atoms with Crippen LogP contribution in [0.3, 0.4) is 0 Å². The van der Waals surface area contributed by atoms with Gasteiger partial charge in [-0.25, -0.2) is 0 Å². The third kappa shape index (κ3) is 5.87. The number of halogens is 1. The zero-order valence-electron chi connectivity index (χ0n) is 6.48. The average Bonchev–Trinajstić information content (AvgIpc) is 1.64. The molecule has 0 rings (SSSR count). The lowest BCUT2D eigenvalue weighted by Gasteiger charge is -2.13. The van der Waals surface area contributed by atoms with Gasteiger partial charge in [0.05, 0.1) is 5.54 Å². The smallest absolute Gasteiger partial charge is 0.0782 e. The Balaban J connectivity index is 0. The van der Waals surface area contributed by atoms with Crippen molar-refractivity contribution in [3.8, 4) is 11.8 Å². The molecule has 0 saturated heterocycles. The summed E-state index contributed by atoms with van der Waals surface area (Å²) in [6.45, 7) is 7.26. The molecule has 0 radical (unpaired) electrons. The highest BCUT2D eigenvalue weighted by molar-refractivity contribution is 8.93. The predicted octanol–water partition coefficient (Wildman–Crippen LogP) is 1.88. The second-order valence-electron chi connectivity index (χ2n) is 2.29. The molecule has 0 aliphatic carbocycles. The first-order valence-corrected chi connectivity index (χ1v) is 2.96. The highest BCUT2D eigenvalue weighted by atomic mass is 79.9. The lowest BCUT2D eigenvalue weighted by Crippen LogP contribution is -2.33. The van der Waals surface area contributed by atoms with E-state index in [0.717, 1.165) is 6.42 Å². The monoisotopic (exact) mass is 203 g/mol. The molecule has 0 aliphatic rings. The van der Waals surface area contributed by atoms with Gasteiger partial charge in [-0.05, 0) is 20.3 Å². The summed E-state index contributed by atoms with van der Waals surface area (Å²) in [5.74, 6) is 5.65. The normalized spacial score (nSPS) is 13.5. The molecule has 10 heavy (non-hydrogen) atoms. The van der Waals surface area contributed by atoms with Gasteiger partial charge >= 0.3 is 0 Å². The van der Waals surface area contributed by atoms with Crippen molar-refractivity contribution in [3.05, 3.63) is 12.7 Å². The van der Waals surface area contributed by atoms with Crippen molar-refractivity contribution in [1.82, 2.24) is 0 Å². The zero-order chi connectivity index (χ0) is 7.33. The van der Waals surface area contributed by atoms with Crippen LogP contribution in [0.15, 0.2) is 12.7 Å². The molecule has 2 N–H and O–H groups in total. The van der Waals surface area contributed by atoms with Gasteiger partial charge in [-0.15, -0.1) is 29.5 Å². The molecule has 1 atom stereocenters. The van der Waals surface area contributed by atoms with Gasteiger partial charge in [0.1, 0.15) is 0 Å². The SMILES string of the molecule is Br.C=CCC(C)(N)C#CC. The summed E-state index contributed by atoms with van der Waals surface area (Å²) in [5, 5.41) is 0. The predicted molar refractivity (Wildman–Crippen MR) is 51.2 cm³/mol. The maximum atomic E-state index is 5.69. The minimum atomic E-state index is -0.378. The van der Waals surface area contributed by atoms with Gasteiger partial charge in [0.25, 0.3) is 0 Å². The Bertz CT molecular complexity index is 150. The fourth-order valence-electron chi connectivity index (χ4n) is 0.636. The molecule has 0 saturated carbocycles. The minimum Gasteiger partial charge on any atom is -0.315 e. The lowest BCUT2D eigenvalue weighted by atomic mass is 10.0. The fraction of sp³-hybridized carbons (Fsp3) is 0.500. The Kier molecular flexibility index (Phi) is 6.85. The van der Waals surface area contributed by atoms with Crippen LogP contribution in [0.25, 0.3) is 0 Å². The summed E-state index contributed by atoms with van der Waals surface area (Å²) in [6, 6.07) is 0. The number of hydrogen-bond donors (Lipinski definition) is 1. The van der Waals surface area contributed by atoms with E-state index >= 15 is 0 Å². The van der Waals surface area contributed by atoms with E-state index in [1.807, 2.05) is 6.92 Å². The first-order valence-electron chi connectivity index (χ1n) is 2.96. The average molecular weight is 204 g/mol. The highest BCUT2D eigenvalue weighted by Crippen LogP contribution is 2.02. The molecule has 0 amide bonds. The molecule has 1 nitrogen and oxygen atoms in total. The third-order valence-corrected chi connectivity index (χ3v) is 0.979. The highest BCUT2D eigenvalue weighted by Gasteiger charge is 2.10. The van der Waals surface area contributed by atoms with Crippen molar-refractivity contribution in [3.63, 3.8) is 0 Å². The van der Waals surface area contributed by atoms with Crippen LogP contribution in [0.1, 0.15) is 20.3 Å². The number of rotatable bonds is 2. The van der Waals surface area contributed by atoms with Crippen molar-refractivity contribution >= 4 is 17.0 Å². The molecule has 58 valence electrons. The summed E-state index contributed by atoms with van der Waals surface area (Å²) in [7, 11) is 0. The molecular weight excluding hydrogens is 190 g/mol. The van der Waals surface area contributed by atoms with Gasteiger partial charge in [-0.3, -0.25) is 0 Å². The van der Waals surface area contributed by atoms with Crippen LogP contribution >= 0.6 is 17.0 Å². The second-order valence-corrected chi connectivity index (χ2v) is 2.29. The van der Waals surface area contributed by atoms with Gasteiger partial charge in [0.2, 0.25) is 0 Å². The molecule has 0 fully saturated rings. The summed E-state index contributed by atoms with van der Waals surface area (Å²) < 4.78 is 0. The van der Waals surface area contributed by atoms with Crippen molar-refractivity contribution in [1.29, 1.82) is 0 Å². The topological polar surface area (TPSA) is 26.0 Å². The Morgan fingerprint density at radius 2 is 2.20 bits per heavy atom. The minimum absolute atomic E-state index is 0. The van der Waals surface area contributed by atoms with Crippen LogP contribution < -0.4 is 5.73 Å². The Morgan fingerprint density at radius 3 is 2.50 bits per heavy atom. The molecule has 0 aromatic carbocycles. The van der Waals surface area contributed by atoms with E-state index in [9.17, 15) is 0 Å². The Hall–Kier alpha value is -0.260. The van der Waals surface area contributed by atoms with Crippen LogP contribution in [0.2, 0.25) is 0 Å². The van der Waals surface area contributed by atoms with Crippen molar-refractivity contribution in [2.45, 2.75) is 25.8 Å². The summed E-state index contributed by atoms with van der Waals surface area (Å²) in [5.41, 5.74) is 5.31. The zero-order valence-corrected chi connectivity index (χ0v) is 8.19. The van der Waals surface area contributed by atoms with Crippen molar-refractivity contribution in [2.75, 3.05) is 0 Å². The van der Waals surface area contributed by atoms with Gasteiger partial charge in [0.15, 0.2) is 0 Å². The van der Waals surface area contributed by atoms with E-state index in [1.54, 1.807) is 13.0 Å². The van der Waals surface area contributed by atoms with E-state index in [0.29, 0.717) is 0 Å². The lowest BCUT2D eigenvalue weighted by molar-refractivity contribution is 0.618. The van der Waals surface area contributed by atoms with Crippen LogP contribution in [-0.4, -0.2) is 5.54 Å². The van der Waals surface area contributed by atoms with E-state index < -0.39 is 0 Å². The first-order chi connectivity index (χ1) is 4.12. The quantitative estimate of drug-likeness (QED) is 0.539. The standard InChI is InChI=1S/C8H13N.BrH/c1-4-6-8(3,9)7-5-2;/h4H,1,6,9H2,2-3H3;1H. The van der Waals surface area contributed by atoms with E-state index in [1.165, 1.54) is 0 Å². The van der Waals surface area contributed by atoms with E-state index in [4.69, 9.17) is 5.73 Å². The second kappa shape index (κ2) is 5.52. The summed E-state index contributed by atoms with van der Waals surface area (Å²) in [6.07, 6.45) is 2.53. The summed E-state index contributed by atoms with van der Waals surface area (Å²) >= 11 is 0. The largest absolute Gasteiger partial charge is 0.315 e.